The Bertz CT molecular complexity index is 665. The molecule has 0 aliphatic rings. The predicted octanol–water partition coefficient (Wildman–Crippen LogP) is 4.67. The summed E-state index contributed by atoms with van der Waals surface area (Å²) in [5, 5.41) is 20.4. The van der Waals surface area contributed by atoms with Crippen molar-refractivity contribution in [2.75, 3.05) is 0 Å². The van der Waals surface area contributed by atoms with Crippen LogP contribution in [0.3, 0.4) is 0 Å². The van der Waals surface area contributed by atoms with Crippen LogP contribution in [0.5, 0.6) is 11.5 Å². The van der Waals surface area contributed by atoms with Crippen LogP contribution < -0.4 is 0 Å². The van der Waals surface area contributed by atoms with Gasteiger partial charge in [0.2, 0.25) is 0 Å². The molecule has 0 fully saturated rings. The second-order valence-corrected chi connectivity index (χ2v) is 6.28. The second-order valence-electron chi connectivity index (χ2n) is 6.28. The summed E-state index contributed by atoms with van der Waals surface area (Å²) in [7, 11) is 0. The average molecular weight is 296 g/mol. The van der Waals surface area contributed by atoms with Crippen LogP contribution in [0.15, 0.2) is 36.4 Å². The lowest BCUT2D eigenvalue weighted by Crippen LogP contribution is -1.98. The maximum Gasteiger partial charge on any atom is 0.122 e. The highest BCUT2D eigenvalue weighted by molar-refractivity contribution is 5.47. The average Bonchev–Trinajstić information content (AvgIpc) is 2.41. The van der Waals surface area contributed by atoms with Crippen molar-refractivity contribution in [3.05, 3.63) is 69.8 Å². The monoisotopic (exact) mass is 296 g/mol. The number of hydrogen-bond donors (Lipinski definition) is 2. The Morgan fingerprint density at radius 1 is 0.773 bits per heavy atom. The Morgan fingerprint density at radius 3 is 1.50 bits per heavy atom. The van der Waals surface area contributed by atoms with Crippen LogP contribution in [0, 0.1) is 27.7 Å². The highest BCUT2D eigenvalue weighted by Crippen LogP contribution is 2.29. The van der Waals surface area contributed by atoms with Crippen LogP contribution in [0.4, 0.5) is 0 Å². The summed E-state index contributed by atoms with van der Waals surface area (Å²) in [5.41, 5.74) is 6.80. The van der Waals surface area contributed by atoms with Crippen LogP contribution in [0.25, 0.3) is 0 Å². The Labute approximate surface area is 132 Å². The number of hydrogen-bond acceptors (Lipinski definition) is 2. The molecule has 2 aromatic carbocycles. The van der Waals surface area contributed by atoms with Gasteiger partial charge in [0.05, 0.1) is 0 Å². The molecule has 2 heteroatoms. The van der Waals surface area contributed by atoms with E-state index in [1.54, 1.807) is 0 Å². The molecule has 2 rings (SSSR count). The van der Waals surface area contributed by atoms with Gasteiger partial charge >= 0.3 is 0 Å². The van der Waals surface area contributed by atoms with Gasteiger partial charge in [-0.2, -0.15) is 0 Å². The standard InChI is InChI=1S/C20H24O2/c1-12-6-15(4)19(21)17(8-12)10-14(3)11-18-9-13(2)7-16(5)20(18)22/h6-9,21-22H,3,10-11H2,1-2,4-5H3. The zero-order valence-corrected chi connectivity index (χ0v) is 13.8. The van der Waals surface area contributed by atoms with Gasteiger partial charge in [0, 0.05) is 0 Å². The third-order valence-electron chi connectivity index (χ3n) is 3.93. The fraction of sp³-hybridized carbons (Fsp3) is 0.300. The number of aryl methyl sites for hydroxylation is 4. The molecule has 116 valence electrons. The third kappa shape index (κ3) is 3.51. The van der Waals surface area contributed by atoms with E-state index in [2.05, 4.69) is 6.58 Å². The van der Waals surface area contributed by atoms with Gasteiger partial charge in [-0.1, -0.05) is 47.5 Å². The minimum Gasteiger partial charge on any atom is -0.507 e. The molecule has 0 aliphatic carbocycles. The molecule has 0 spiro atoms. The maximum atomic E-state index is 10.2. The molecular formula is C20H24O2. The summed E-state index contributed by atoms with van der Waals surface area (Å²) in [6, 6.07) is 7.93. The van der Waals surface area contributed by atoms with Gasteiger partial charge in [0.25, 0.3) is 0 Å². The molecule has 2 N–H and O–H groups in total. The molecule has 2 nitrogen and oxygen atoms in total. The first kappa shape index (κ1) is 16.2. The van der Waals surface area contributed by atoms with Crippen LogP contribution >= 0.6 is 0 Å². The van der Waals surface area contributed by atoms with E-state index in [1.807, 2.05) is 52.0 Å². The summed E-state index contributed by atoms with van der Waals surface area (Å²) in [6.07, 6.45) is 1.22. The molecule has 0 heterocycles. The highest BCUT2D eigenvalue weighted by atomic mass is 16.3. The first-order valence-corrected chi connectivity index (χ1v) is 7.52. The van der Waals surface area contributed by atoms with Crippen molar-refractivity contribution < 1.29 is 10.2 Å². The summed E-state index contributed by atoms with van der Waals surface area (Å²) in [6.45, 7) is 12.0. The molecule has 2 aromatic rings. The fourth-order valence-electron chi connectivity index (χ4n) is 2.97. The number of allylic oxidation sites excluding steroid dienone is 1. The number of rotatable bonds is 4. The number of phenols is 2. The molecule has 0 aromatic heterocycles. The van der Waals surface area contributed by atoms with E-state index in [4.69, 9.17) is 0 Å². The van der Waals surface area contributed by atoms with Crippen LogP contribution in [0.2, 0.25) is 0 Å². The van der Waals surface area contributed by atoms with E-state index in [0.29, 0.717) is 24.3 Å². The van der Waals surface area contributed by atoms with Crippen molar-refractivity contribution in [1.29, 1.82) is 0 Å². The molecule has 0 saturated heterocycles. The summed E-state index contributed by atoms with van der Waals surface area (Å²) in [4.78, 5) is 0. The largest absolute Gasteiger partial charge is 0.507 e. The molecular weight excluding hydrogens is 272 g/mol. The lowest BCUT2D eigenvalue weighted by molar-refractivity contribution is 0.463. The fourth-order valence-corrected chi connectivity index (χ4v) is 2.97. The SMILES string of the molecule is C=C(Cc1cc(C)cc(C)c1O)Cc1cc(C)cc(C)c1O. The summed E-state index contributed by atoms with van der Waals surface area (Å²) < 4.78 is 0. The zero-order chi connectivity index (χ0) is 16.4. The quantitative estimate of drug-likeness (QED) is 0.805. The Kier molecular flexibility index (Phi) is 4.60. The molecule has 0 aliphatic heterocycles. The van der Waals surface area contributed by atoms with Crippen LogP contribution in [-0.2, 0) is 12.8 Å². The molecule has 0 unspecified atom stereocenters. The Hall–Kier alpha value is -2.22. The molecule has 0 bridgehead atoms. The minimum absolute atomic E-state index is 0.344. The van der Waals surface area contributed by atoms with Crippen molar-refractivity contribution in [3.63, 3.8) is 0 Å². The van der Waals surface area contributed by atoms with E-state index in [1.165, 1.54) is 0 Å². The molecule has 0 radical (unpaired) electrons. The Morgan fingerprint density at radius 2 is 1.14 bits per heavy atom. The number of aromatic hydroxyl groups is 2. The zero-order valence-electron chi connectivity index (χ0n) is 13.8. The van der Waals surface area contributed by atoms with Crippen LogP contribution in [-0.4, -0.2) is 10.2 Å². The maximum absolute atomic E-state index is 10.2. The molecule has 0 saturated carbocycles. The van der Waals surface area contributed by atoms with E-state index in [0.717, 1.165) is 39.0 Å². The normalized spacial score (nSPS) is 10.7. The van der Waals surface area contributed by atoms with Gasteiger partial charge in [-0.05, 0) is 62.8 Å². The molecule has 22 heavy (non-hydrogen) atoms. The van der Waals surface area contributed by atoms with Crippen molar-refractivity contribution in [2.45, 2.75) is 40.5 Å². The Balaban J connectivity index is 2.21. The van der Waals surface area contributed by atoms with Gasteiger partial charge in [0.1, 0.15) is 11.5 Å². The van der Waals surface area contributed by atoms with Gasteiger partial charge in [-0.15, -0.1) is 0 Å². The molecule has 0 atom stereocenters. The second kappa shape index (κ2) is 6.27. The van der Waals surface area contributed by atoms with E-state index in [9.17, 15) is 10.2 Å². The van der Waals surface area contributed by atoms with Crippen molar-refractivity contribution in [1.82, 2.24) is 0 Å². The van der Waals surface area contributed by atoms with Crippen molar-refractivity contribution >= 4 is 0 Å². The number of phenolic OH excluding ortho intramolecular Hbond substituents is 2. The minimum atomic E-state index is 0.344. The van der Waals surface area contributed by atoms with E-state index < -0.39 is 0 Å². The van der Waals surface area contributed by atoms with Gasteiger partial charge in [-0.3, -0.25) is 0 Å². The van der Waals surface area contributed by atoms with Crippen molar-refractivity contribution in [3.8, 4) is 11.5 Å². The topological polar surface area (TPSA) is 40.5 Å². The highest BCUT2D eigenvalue weighted by Gasteiger charge is 2.11. The summed E-state index contributed by atoms with van der Waals surface area (Å²) >= 11 is 0. The number of benzene rings is 2. The van der Waals surface area contributed by atoms with Gasteiger partial charge < -0.3 is 10.2 Å². The third-order valence-corrected chi connectivity index (χ3v) is 3.93. The van der Waals surface area contributed by atoms with Gasteiger partial charge in [0.15, 0.2) is 0 Å². The molecule has 0 amide bonds. The smallest absolute Gasteiger partial charge is 0.122 e. The van der Waals surface area contributed by atoms with E-state index >= 15 is 0 Å². The first-order chi connectivity index (χ1) is 10.3. The van der Waals surface area contributed by atoms with Gasteiger partial charge in [-0.25, -0.2) is 0 Å². The predicted molar refractivity (Wildman–Crippen MR) is 91.7 cm³/mol. The van der Waals surface area contributed by atoms with Crippen molar-refractivity contribution in [2.24, 2.45) is 0 Å². The lowest BCUT2D eigenvalue weighted by atomic mass is 9.94. The summed E-state index contributed by atoms with van der Waals surface area (Å²) in [5.74, 6) is 0.688. The van der Waals surface area contributed by atoms with E-state index in [-0.39, 0.29) is 0 Å². The lowest BCUT2D eigenvalue weighted by Gasteiger charge is -2.13. The first-order valence-electron chi connectivity index (χ1n) is 7.52. The van der Waals surface area contributed by atoms with Crippen LogP contribution in [0.1, 0.15) is 33.4 Å².